The van der Waals surface area contributed by atoms with E-state index in [0.29, 0.717) is 13.0 Å². The van der Waals surface area contributed by atoms with Crippen molar-refractivity contribution in [2.75, 3.05) is 6.61 Å². The van der Waals surface area contributed by atoms with Gasteiger partial charge in [0.15, 0.2) is 0 Å². The summed E-state index contributed by atoms with van der Waals surface area (Å²) < 4.78 is 5.48. The Bertz CT molecular complexity index is 626. The van der Waals surface area contributed by atoms with Gasteiger partial charge < -0.3 is 4.74 Å². The van der Waals surface area contributed by atoms with Gasteiger partial charge in [0.05, 0.1) is 6.61 Å². The van der Waals surface area contributed by atoms with E-state index in [-0.39, 0.29) is 5.97 Å². The van der Waals surface area contributed by atoms with E-state index in [4.69, 9.17) is 4.74 Å². The second kappa shape index (κ2) is 45.2. The molecule has 2 nitrogen and oxygen atoms in total. The minimum atomic E-state index is 0.0291. The van der Waals surface area contributed by atoms with Gasteiger partial charge in [-0.2, -0.15) is 0 Å². The summed E-state index contributed by atoms with van der Waals surface area (Å²) in [6.45, 7) is 5.22. The smallest absolute Gasteiger partial charge is 0.305 e. The van der Waals surface area contributed by atoms with Gasteiger partial charge in [-0.05, 0) is 38.5 Å². The average molecular weight is 689 g/mol. The highest BCUT2D eigenvalue weighted by molar-refractivity contribution is 5.69. The van der Waals surface area contributed by atoms with Crippen molar-refractivity contribution in [3.63, 3.8) is 0 Å². The van der Waals surface area contributed by atoms with Crippen LogP contribution in [-0.4, -0.2) is 12.6 Å². The van der Waals surface area contributed by atoms with Gasteiger partial charge in [-0.25, -0.2) is 0 Å². The number of ether oxygens (including phenoxy) is 1. The molecule has 0 aliphatic carbocycles. The molecule has 0 aliphatic rings. The zero-order valence-electron chi connectivity index (χ0n) is 34.2. The minimum absolute atomic E-state index is 0.0291. The molecular formula is C47H92O2. The maximum atomic E-state index is 12.0. The van der Waals surface area contributed by atoms with Gasteiger partial charge in [0, 0.05) is 6.42 Å². The van der Waals surface area contributed by atoms with E-state index < -0.39 is 0 Å². The molecule has 0 unspecified atom stereocenters. The predicted molar refractivity (Wildman–Crippen MR) is 221 cm³/mol. The summed E-state index contributed by atoms with van der Waals surface area (Å²) in [5.74, 6) is 0.0291. The third-order valence-electron chi connectivity index (χ3n) is 10.7. The van der Waals surface area contributed by atoms with Crippen molar-refractivity contribution in [2.45, 2.75) is 277 Å². The summed E-state index contributed by atoms with van der Waals surface area (Å²) in [6, 6.07) is 0. The van der Waals surface area contributed by atoms with Gasteiger partial charge in [-0.15, -0.1) is 0 Å². The fourth-order valence-electron chi connectivity index (χ4n) is 7.19. The van der Waals surface area contributed by atoms with Crippen molar-refractivity contribution in [1.82, 2.24) is 0 Å². The predicted octanol–water partition coefficient (Wildman–Crippen LogP) is 17.1. The SMILES string of the molecule is CCCCCCCCC=CCCCCCCCCCCCCCC(=O)OCCCCCCCCCCCCCCCCCCCCCCC. The maximum Gasteiger partial charge on any atom is 0.305 e. The lowest BCUT2D eigenvalue weighted by molar-refractivity contribution is -0.143. The summed E-state index contributed by atoms with van der Waals surface area (Å²) in [5, 5.41) is 0. The number of hydrogen-bond acceptors (Lipinski definition) is 2. The van der Waals surface area contributed by atoms with Gasteiger partial charge in [0.2, 0.25) is 0 Å². The third kappa shape index (κ3) is 45.2. The normalized spacial score (nSPS) is 11.6. The quantitative estimate of drug-likeness (QED) is 0.0362. The molecule has 0 aliphatic heterocycles. The Morgan fingerprint density at radius 1 is 0.327 bits per heavy atom. The van der Waals surface area contributed by atoms with E-state index in [1.165, 1.54) is 244 Å². The number of hydrogen-bond donors (Lipinski definition) is 0. The number of carbonyl (C=O) groups is 1. The van der Waals surface area contributed by atoms with E-state index in [2.05, 4.69) is 26.0 Å². The first-order valence-corrected chi connectivity index (χ1v) is 23.1. The Morgan fingerprint density at radius 3 is 0.878 bits per heavy atom. The van der Waals surface area contributed by atoms with E-state index in [1.54, 1.807) is 0 Å². The lowest BCUT2D eigenvalue weighted by Crippen LogP contribution is -2.05. The van der Waals surface area contributed by atoms with Crippen molar-refractivity contribution in [1.29, 1.82) is 0 Å². The molecule has 292 valence electrons. The monoisotopic (exact) mass is 689 g/mol. The van der Waals surface area contributed by atoms with Crippen molar-refractivity contribution in [2.24, 2.45) is 0 Å². The summed E-state index contributed by atoms with van der Waals surface area (Å²) in [7, 11) is 0. The Balaban J connectivity index is 3.17. The molecular weight excluding hydrogens is 597 g/mol. The number of carbonyl (C=O) groups excluding carboxylic acids is 1. The fraction of sp³-hybridized carbons (Fsp3) is 0.936. The second-order valence-electron chi connectivity index (χ2n) is 15.7. The van der Waals surface area contributed by atoms with E-state index >= 15 is 0 Å². The molecule has 0 radical (unpaired) electrons. The van der Waals surface area contributed by atoms with Gasteiger partial charge in [-0.1, -0.05) is 244 Å². The van der Waals surface area contributed by atoms with Gasteiger partial charge >= 0.3 is 5.97 Å². The average Bonchev–Trinajstić information content (AvgIpc) is 3.11. The molecule has 0 rings (SSSR count). The summed E-state index contributed by atoms with van der Waals surface area (Å²) in [5.41, 5.74) is 0. The molecule has 0 N–H and O–H groups in total. The summed E-state index contributed by atoms with van der Waals surface area (Å²) in [6.07, 6.45) is 60.4. The Kier molecular flexibility index (Phi) is 44.5. The molecule has 0 amide bonds. The standard InChI is InChI=1S/C47H92O2/c1-3-5-7-9-11-13-15-17-19-21-23-25-27-29-31-33-35-37-39-41-43-45-47(48)49-46-44-42-40-38-36-34-32-30-28-26-24-22-20-18-16-14-12-10-8-6-4-2/h17,19H,3-16,18,20-46H2,1-2H3. The molecule has 0 spiro atoms. The van der Waals surface area contributed by atoms with Gasteiger partial charge in [0.1, 0.15) is 0 Å². The molecule has 0 aromatic heterocycles. The first kappa shape index (κ1) is 48.2. The van der Waals surface area contributed by atoms with Crippen LogP contribution in [0.25, 0.3) is 0 Å². The van der Waals surface area contributed by atoms with Crippen LogP contribution in [0.2, 0.25) is 0 Å². The fourth-order valence-corrected chi connectivity index (χ4v) is 7.19. The van der Waals surface area contributed by atoms with Crippen molar-refractivity contribution in [3.05, 3.63) is 12.2 Å². The maximum absolute atomic E-state index is 12.0. The topological polar surface area (TPSA) is 26.3 Å². The van der Waals surface area contributed by atoms with Crippen LogP contribution in [0.1, 0.15) is 277 Å². The molecule has 2 heteroatoms. The molecule has 0 fully saturated rings. The summed E-state index contributed by atoms with van der Waals surface area (Å²) in [4.78, 5) is 12.0. The molecule has 0 aromatic rings. The number of rotatable bonds is 43. The number of unbranched alkanes of at least 4 members (excludes halogenated alkanes) is 37. The van der Waals surface area contributed by atoms with Crippen LogP contribution in [-0.2, 0) is 9.53 Å². The van der Waals surface area contributed by atoms with Crippen molar-refractivity contribution < 1.29 is 9.53 Å². The van der Waals surface area contributed by atoms with Gasteiger partial charge in [-0.3, -0.25) is 4.79 Å². The highest BCUT2D eigenvalue weighted by Gasteiger charge is 2.03. The molecule has 0 heterocycles. The van der Waals surface area contributed by atoms with E-state index in [1.807, 2.05) is 0 Å². The van der Waals surface area contributed by atoms with Crippen LogP contribution in [0.4, 0.5) is 0 Å². The highest BCUT2D eigenvalue weighted by atomic mass is 16.5. The summed E-state index contributed by atoms with van der Waals surface area (Å²) >= 11 is 0. The molecule has 0 aromatic carbocycles. The number of esters is 1. The van der Waals surface area contributed by atoms with Crippen molar-refractivity contribution >= 4 is 5.97 Å². The first-order valence-electron chi connectivity index (χ1n) is 23.1. The van der Waals surface area contributed by atoms with Crippen LogP contribution >= 0.6 is 0 Å². The second-order valence-corrected chi connectivity index (χ2v) is 15.7. The molecule has 0 saturated heterocycles. The lowest BCUT2D eigenvalue weighted by atomic mass is 10.0. The number of allylic oxidation sites excluding steroid dienone is 2. The molecule has 0 atom stereocenters. The Morgan fingerprint density at radius 2 is 0.571 bits per heavy atom. The largest absolute Gasteiger partial charge is 0.466 e. The van der Waals surface area contributed by atoms with Crippen molar-refractivity contribution in [3.8, 4) is 0 Å². The highest BCUT2D eigenvalue weighted by Crippen LogP contribution is 2.16. The van der Waals surface area contributed by atoms with Crippen LogP contribution < -0.4 is 0 Å². The van der Waals surface area contributed by atoms with Gasteiger partial charge in [0.25, 0.3) is 0 Å². The first-order chi connectivity index (χ1) is 24.3. The zero-order valence-corrected chi connectivity index (χ0v) is 34.2. The van der Waals surface area contributed by atoms with Crippen LogP contribution in [0.3, 0.4) is 0 Å². The lowest BCUT2D eigenvalue weighted by Gasteiger charge is -2.06. The molecule has 0 bridgehead atoms. The Hall–Kier alpha value is -0.790. The van der Waals surface area contributed by atoms with E-state index in [0.717, 1.165) is 12.8 Å². The minimum Gasteiger partial charge on any atom is -0.466 e. The third-order valence-corrected chi connectivity index (χ3v) is 10.7. The zero-order chi connectivity index (χ0) is 35.4. The molecule has 49 heavy (non-hydrogen) atoms. The van der Waals surface area contributed by atoms with Crippen LogP contribution in [0, 0.1) is 0 Å². The Labute approximate surface area is 310 Å². The van der Waals surface area contributed by atoms with Crippen LogP contribution in [0.15, 0.2) is 12.2 Å². The van der Waals surface area contributed by atoms with E-state index in [9.17, 15) is 4.79 Å². The van der Waals surface area contributed by atoms with Crippen LogP contribution in [0.5, 0.6) is 0 Å². The molecule has 0 saturated carbocycles.